The lowest BCUT2D eigenvalue weighted by atomic mass is 10.1. The second kappa shape index (κ2) is 10.4. The van der Waals surface area contributed by atoms with Crippen LogP contribution in [0.3, 0.4) is 0 Å². The number of imide groups is 1. The molecule has 1 atom stereocenters. The molecule has 3 heterocycles. The lowest BCUT2D eigenvalue weighted by Crippen LogP contribution is -2.50. The van der Waals surface area contributed by atoms with Crippen molar-refractivity contribution in [3.63, 3.8) is 0 Å². The largest absolute Gasteiger partial charge is 0.444 e. The summed E-state index contributed by atoms with van der Waals surface area (Å²) in [5, 5.41) is 5.16. The number of pyridine rings is 1. The summed E-state index contributed by atoms with van der Waals surface area (Å²) in [6.07, 6.45) is 1.66. The second-order valence-corrected chi connectivity index (χ2v) is 8.13. The molecule has 3 amide bonds. The maximum absolute atomic E-state index is 14.6. The maximum Gasteiger partial charge on any atom is 0.410 e. The minimum Gasteiger partial charge on any atom is -0.444 e. The van der Waals surface area contributed by atoms with Gasteiger partial charge in [-0.05, 0) is 27.2 Å². The van der Waals surface area contributed by atoms with Crippen molar-refractivity contribution in [1.82, 2.24) is 15.2 Å². The molecule has 0 aromatic carbocycles. The van der Waals surface area contributed by atoms with E-state index in [1.165, 1.54) is 12.3 Å². The molecule has 172 valence electrons. The third-order valence-electron chi connectivity index (χ3n) is 4.63. The van der Waals surface area contributed by atoms with Gasteiger partial charge in [-0.15, -0.1) is 0 Å². The first kappa shape index (κ1) is 24.4. The van der Waals surface area contributed by atoms with Gasteiger partial charge in [0.2, 0.25) is 11.8 Å². The van der Waals surface area contributed by atoms with Gasteiger partial charge in [0.15, 0.2) is 11.6 Å². The summed E-state index contributed by atoms with van der Waals surface area (Å²) >= 11 is 0. The van der Waals surface area contributed by atoms with E-state index >= 15 is 0 Å². The van der Waals surface area contributed by atoms with E-state index in [4.69, 9.17) is 4.74 Å². The quantitative estimate of drug-likeness (QED) is 0.700. The predicted molar refractivity (Wildman–Crippen MR) is 115 cm³/mol. The van der Waals surface area contributed by atoms with Gasteiger partial charge in [-0.1, -0.05) is 13.8 Å². The number of anilines is 2. The van der Waals surface area contributed by atoms with Crippen molar-refractivity contribution in [3.8, 4) is 0 Å². The van der Waals surface area contributed by atoms with Crippen molar-refractivity contribution >= 4 is 29.4 Å². The molecule has 0 saturated carbocycles. The van der Waals surface area contributed by atoms with Gasteiger partial charge in [-0.25, -0.2) is 14.2 Å². The normalized spacial score (nSPS) is 19.2. The molecule has 0 bridgehead atoms. The second-order valence-electron chi connectivity index (χ2n) is 8.13. The Morgan fingerprint density at radius 2 is 1.87 bits per heavy atom. The number of piperazine rings is 1. The Hall–Kier alpha value is -2.91. The summed E-state index contributed by atoms with van der Waals surface area (Å²) in [5.41, 5.74) is -0.194. The molecule has 0 radical (unpaired) electrons. The van der Waals surface area contributed by atoms with Crippen LogP contribution >= 0.6 is 0 Å². The molecular weight excluding hydrogens is 405 g/mol. The van der Waals surface area contributed by atoms with Gasteiger partial charge >= 0.3 is 6.09 Å². The van der Waals surface area contributed by atoms with Gasteiger partial charge in [0.1, 0.15) is 11.6 Å². The van der Waals surface area contributed by atoms with Gasteiger partial charge in [0, 0.05) is 38.7 Å². The fraction of sp³-hybridized carbons (Fsp3) is 0.619. The molecule has 2 N–H and O–H groups in total. The third-order valence-corrected chi connectivity index (χ3v) is 4.63. The summed E-state index contributed by atoms with van der Waals surface area (Å²) in [7, 11) is 0. The average Bonchev–Trinajstić information content (AvgIpc) is 2.71. The van der Waals surface area contributed by atoms with E-state index < -0.39 is 23.4 Å². The average molecular weight is 438 g/mol. The lowest BCUT2D eigenvalue weighted by Gasteiger charge is -2.36. The smallest absolute Gasteiger partial charge is 0.410 e. The summed E-state index contributed by atoms with van der Waals surface area (Å²) in [4.78, 5) is 42.7. The Morgan fingerprint density at radius 3 is 2.42 bits per heavy atom. The number of hydrogen-bond donors (Lipinski definition) is 2. The highest BCUT2D eigenvalue weighted by atomic mass is 19.1. The van der Waals surface area contributed by atoms with Crippen LogP contribution in [0.5, 0.6) is 0 Å². The molecule has 2 fully saturated rings. The number of carbonyl (C=O) groups excluding carboxylic acids is 3. The number of aromatic nitrogens is 1. The number of nitrogens with zero attached hydrogens (tertiary/aromatic N) is 3. The number of amides is 3. The van der Waals surface area contributed by atoms with Crippen molar-refractivity contribution < 1.29 is 23.5 Å². The molecule has 31 heavy (non-hydrogen) atoms. The van der Waals surface area contributed by atoms with Crippen molar-refractivity contribution in [2.45, 2.75) is 59.1 Å². The number of piperidine rings is 1. The van der Waals surface area contributed by atoms with Gasteiger partial charge in [-0.3, -0.25) is 14.9 Å². The Morgan fingerprint density at radius 1 is 1.23 bits per heavy atom. The van der Waals surface area contributed by atoms with Crippen molar-refractivity contribution in [2.75, 3.05) is 36.4 Å². The minimum absolute atomic E-state index is 0.197. The number of nitrogens with one attached hydrogen (secondary N) is 2. The Kier molecular flexibility index (Phi) is 8.18. The van der Waals surface area contributed by atoms with Crippen molar-refractivity contribution in [2.24, 2.45) is 0 Å². The minimum atomic E-state index is -0.600. The van der Waals surface area contributed by atoms with Crippen LogP contribution in [0.25, 0.3) is 0 Å². The van der Waals surface area contributed by atoms with E-state index in [9.17, 15) is 18.8 Å². The van der Waals surface area contributed by atoms with Gasteiger partial charge in [0.25, 0.3) is 0 Å². The molecule has 1 unspecified atom stereocenters. The Balaban J connectivity index is 0.00000166. The fourth-order valence-corrected chi connectivity index (χ4v) is 3.20. The van der Waals surface area contributed by atoms with E-state index in [1.807, 2.05) is 34.6 Å². The van der Waals surface area contributed by atoms with Crippen LogP contribution in [0.15, 0.2) is 12.3 Å². The number of carbonyl (C=O) groups is 3. The zero-order valence-corrected chi connectivity index (χ0v) is 18.8. The van der Waals surface area contributed by atoms with E-state index in [1.54, 1.807) is 9.80 Å². The molecule has 0 aliphatic carbocycles. The van der Waals surface area contributed by atoms with Crippen LogP contribution in [-0.4, -0.2) is 65.6 Å². The standard InChI is InChI=1S/C19H26FN5O4.C2H6/c1-19(2,3)29-18(28)25-8-6-24(7-9-25)16-13(20)10-12(11-21-16)22-14-4-5-15(26)23-17(14)27;1-2/h10-11,14,22H,4-9H2,1-3H3,(H,23,26,27);1-2H3. The van der Waals surface area contributed by atoms with Crippen LogP contribution in [-0.2, 0) is 14.3 Å². The predicted octanol–water partition coefficient (Wildman–Crippen LogP) is 2.52. The first-order valence-electron chi connectivity index (χ1n) is 10.6. The van der Waals surface area contributed by atoms with Crippen molar-refractivity contribution in [1.29, 1.82) is 0 Å². The molecular formula is C21H32FN5O4. The van der Waals surface area contributed by atoms with Crippen molar-refractivity contribution in [3.05, 3.63) is 18.1 Å². The number of halogens is 1. The maximum atomic E-state index is 14.6. The highest BCUT2D eigenvalue weighted by Crippen LogP contribution is 2.23. The molecule has 2 aliphatic heterocycles. The summed E-state index contributed by atoms with van der Waals surface area (Å²) < 4.78 is 20.0. The van der Waals surface area contributed by atoms with Gasteiger partial charge < -0.3 is 19.9 Å². The first-order chi connectivity index (χ1) is 14.6. The molecule has 9 nitrogen and oxygen atoms in total. The molecule has 2 aliphatic rings. The number of hydrogen-bond acceptors (Lipinski definition) is 7. The van der Waals surface area contributed by atoms with Gasteiger partial charge in [0.05, 0.1) is 11.9 Å². The molecule has 3 rings (SSSR count). The van der Waals surface area contributed by atoms with Crippen LogP contribution in [0, 0.1) is 5.82 Å². The first-order valence-corrected chi connectivity index (χ1v) is 10.6. The summed E-state index contributed by atoms with van der Waals surface area (Å²) in [5.74, 6) is -1.06. The molecule has 10 heteroatoms. The van der Waals surface area contributed by atoms with E-state index in [-0.39, 0.29) is 24.2 Å². The van der Waals surface area contributed by atoms with Crippen LogP contribution in [0.4, 0.5) is 20.7 Å². The zero-order valence-electron chi connectivity index (χ0n) is 18.8. The zero-order chi connectivity index (χ0) is 23.2. The SMILES string of the molecule is CC.CC(C)(C)OC(=O)N1CCN(c2ncc(NC3CCC(=O)NC3=O)cc2F)CC1. The highest BCUT2D eigenvalue weighted by Gasteiger charge is 2.29. The molecule has 1 aromatic heterocycles. The molecule has 0 spiro atoms. The Bertz CT molecular complexity index is 803. The van der Waals surface area contributed by atoms with Crippen LogP contribution in [0.2, 0.25) is 0 Å². The third kappa shape index (κ3) is 6.80. The van der Waals surface area contributed by atoms with E-state index in [2.05, 4.69) is 15.6 Å². The molecule has 1 aromatic rings. The van der Waals surface area contributed by atoms with E-state index in [0.717, 1.165) is 0 Å². The lowest BCUT2D eigenvalue weighted by molar-refractivity contribution is -0.133. The van der Waals surface area contributed by atoms with E-state index in [0.29, 0.717) is 38.3 Å². The van der Waals surface area contributed by atoms with Gasteiger partial charge in [-0.2, -0.15) is 0 Å². The summed E-state index contributed by atoms with van der Waals surface area (Å²) in [6, 6.07) is 0.684. The highest BCUT2D eigenvalue weighted by molar-refractivity contribution is 6.01. The topological polar surface area (TPSA) is 104 Å². The summed E-state index contributed by atoms with van der Waals surface area (Å²) in [6.45, 7) is 11.1. The number of rotatable bonds is 3. The Labute approximate surface area is 182 Å². The van der Waals surface area contributed by atoms with Crippen LogP contribution in [0.1, 0.15) is 47.5 Å². The monoisotopic (exact) mass is 437 g/mol. The fourth-order valence-electron chi connectivity index (χ4n) is 3.20. The van der Waals surface area contributed by atoms with Crippen LogP contribution < -0.4 is 15.5 Å². The number of ether oxygens (including phenoxy) is 1. The molecule has 2 saturated heterocycles.